The van der Waals surface area contributed by atoms with Crippen molar-refractivity contribution in [2.75, 3.05) is 11.9 Å². The molecule has 2 aromatic heterocycles. The van der Waals surface area contributed by atoms with Crippen LogP contribution in [0.3, 0.4) is 0 Å². The summed E-state index contributed by atoms with van der Waals surface area (Å²) in [4.78, 5) is 57.3. The molecule has 15 heteroatoms. The van der Waals surface area contributed by atoms with Crippen LogP contribution in [-0.4, -0.2) is 79.7 Å². The normalized spacial score (nSPS) is 20.2. The number of tetrazole rings is 1. The third-order valence-corrected chi connectivity index (χ3v) is 10.7. The maximum Gasteiger partial charge on any atom is 0.407 e. The van der Waals surface area contributed by atoms with Gasteiger partial charge in [-0.25, -0.2) is 9.78 Å². The summed E-state index contributed by atoms with van der Waals surface area (Å²) < 4.78 is 5.36. The molecule has 2 fully saturated rings. The summed E-state index contributed by atoms with van der Waals surface area (Å²) >= 11 is 0. The van der Waals surface area contributed by atoms with Crippen LogP contribution in [0.15, 0.2) is 60.7 Å². The first-order valence-electron chi connectivity index (χ1n) is 19.8. The summed E-state index contributed by atoms with van der Waals surface area (Å²) in [6, 6.07) is 18.0. The number of carbonyl (C=O) groups is 4. The van der Waals surface area contributed by atoms with Gasteiger partial charge in [-0.05, 0) is 132 Å². The molecular formula is C42H54N10O5. The van der Waals surface area contributed by atoms with Crippen LogP contribution in [0.2, 0.25) is 0 Å². The predicted molar refractivity (Wildman–Crippen MR) is 216 cm³/mol. The van der Waals surface area contributed by atoms with Crippen molar-refractivity contribution in [1.29, 1.82) is 0 Å². The van der Waals surface area contributed by atoms with E-state index in [1.165, 1.54) is 0 Å². The Kier molecular flexibility index (Phi) is 13.3. The highest BCUT2D eigenvalue weighted by atomic mass is 16.6. The van der Waals surface area contributed by atoms with Crippen molar-refractivity contribution in [1.82, 2.24) is 41.6 Å². The number of pyridine rings is 1. The van der Waals surface area contributed by atoms with E-state index in [1.54, 1.807) is 30.3 Å². The third kappa shape index (κ3) is 11.7. The fraction of sp³-hybridized carbons (Fsp3) is 0.476. The van der Waals surface area contributed by atoms with E-state index in [2.05, 4.69) is 46.9 Å². The van der Waals surface area contributed by atoms with Crippen molar-refractivity contribution < 1.29 is 23.9 Å². The number of amides is 4. The molecule has 6 rings (SSSR count). The zero-order chi connectivity index (χ0) is 40.5. The maximum absolute atomic E-state index is 13.8. The van der Waals surface area contributed by atoms with Gasteiger partial charge in [-0.15, -0.1) is 10.2 Å². The number of ether oxygens (including phenoxy) is 1. The second-order valence-electron chi connectivity index (χ2n) is 16.3. The van der Waals surface area contributed by atoms with Gasteiger partial charge in [-0.1, -0.05) is 30.3 Å². The van der Waals surface area contributed by atoms with Crippen LogP contribution >= 0.6 is 0 Å². The van der Waals surface area contributed by atoms with Crippen LogP contribution in [0.5, 0.6) is 0 Å². The zero-order valence-electron chi connectivity index (χ0n) is 33.1. The van der Waals surface area contributed by atoms with Crippen LogP contribution in [0, 0.1) is 18.8 Å². The van der Waals surface area contributed by atoms with E-state index in [0.717, 1.165) is 66.5 Å². The van der Waals surface area contributed by atoms with Gasteiger partial charge in [-0.3, -0.25) is 14.4 Å². The van der Waals surface area contributed by atoms with Gasteiger partial charge >= 0.3 is 6.09 Å². The van der Waals surface area contributed by atoms with Gasteiger partial charge in [0.15, 0.2) is 0 Å². The predicted octanol–water partition coefficient (Wildman–Crippen LogP) is 5.23. The lowest BCUT2D eigenvalue weighted by Gasteiger charge is -2.29. The Morgan fingerprint density at radius 2 is 1.56 bits per heavy atom. The molecule has 57 heavy (non-hydrogen) atoms. The lowest BCUT2D eigenvalue weighted by Crippen LogP contribution is -2.48. The zero-order valence-corrected chi connectivity index (χ0v) is 33.1. The Bertz CT molecular complexity index is 1980. The van der Waals surface area contributed by atoms with Crippen molar-refractivity contribution in [3.63, 3.8) is 0 Å². The summed E-state index contributed by atoms with van der Waals surface area (Å²) in [5.41, 5.74) is 10.5. The summed E-state index contributed by atoms with van der Waals surface area (Å²) in [5.74, 6) is -0.280. The van der Waals surface area contributed by atoms with E-state index < -0.39 is 17.7 Å². The SMILES string of the molecule is Cc1nc(C(=O)NC2CCC(N)CC2)ccc1-c1ccc(CC(NC(=O)C2CCC(CNC(=O)OC(C)(C)C)CC2)C(=O)Nc2ccc(-c3nn[nH]n3)cc2)cc1. The molecular weight excluding hydrogens is 725 g/mol. The molecule has 0 bridgehead atoms. The Balaban J connectivity index is 1.10. The van der Waals surface area contributed by atoms with Gasteiger partial charge in [0, 0.05) is 53.5 Å². The Labute approximate surface area is 333 Å². The number of aryl methyl sites for hydroxylation is 1. The van der Waals surface area contributed by atoms with Crippen molar-refractivity contribution in [2.24, 2.45) is 17.6 Å². The van der Waals surface area contributed by atoms with Gasteiger partial charge in [0.1, 0.15) is 17.3 Å². The maximum atomic E-state index is 13.8. The van der Waals surface area contributed by atoms with E-state index in [1.807, 2.05) is 58.0 Å². The molecule has 0 radical (unpaired) electrons. The molecule has 1 unspecified atom stereocenters. The lowest BCUT2D eigenvalue weighted by atomic mass is 9.81. The minimum atomic E-state index is -0.854. The number of aromatic amines is 1. The molecule has 7 N–H and O–H groups in total. The van der Waals surface area contributed by atoms with Crippen LogP contribution in [0.25, 0.3) is 22.5 Å². The van der Waals surface area contributed by atoms with Crippen LogP contribution < -0.4 is 27.0 Å². The fourth-order valence-corrected chi connectivity index (χ4v) is 7.46. The van der Waals surface area contributed by atoms with Crippen LogP contribution in [0.4, 0.5) is 10.5 Å². The number of benzene rings is 2. The van der Waals surface area contributed by atoms with Crippen LogP contribution in [-0.2, 0) is 20.7 Å². The number of carbonyl (C=O) groups excluding carboxylic acids is 4. The average Bonchev–Trinajstić information content (AvgIpc) is 3.73. The largest absolute Gasteiger partial charge is 0.444 e. The molecule has 4 amide bonds. The Morgan fingerprint density at radius 3 is 2.19 bits per heavy atom. The van der Waals surface area contributed by atoms with Gasteiger partial charge in [0.05, 0.1) is 0 Å². The third-order valence-electron chi connectivity index (χ3n) is 10.7. The Hall–Kier alpha value is -5.70. The topological polar surface area (TPSA) is 219 Å². The number of nitrogens with zero attached hydrogens (tertiary/aromatic N) is 4. The number of H-pyrrole nitrogens is 1. The van der Waals surface area contributed by atoms with E-state index in [-0.39, 0.29) is 48.1 Å². The standard InChI is InChI=1S/C42H54N10O5/c1-25-34(21-22-35(45-25)39(54)46-33-19-15-31(43)16-20-33)28-9-5-26(6-10-28)23-36(40(55)47-32-17-13-29(14-18-32)37-49-51-52-50-37)48-38(53)30-11-7-27(8-12-30)24-44-41(56)57-42(2,3)4/h5-6,9-10,13-14,17-18,21-22,27,30-31,33,36H,7-8,11-12,15-16,19-20,23-24,43H2,1-4H3,(H,44,56)(H,46,54)(H,47,55)(H,48,53)(H,49,50,51,52). The van der Waals surface area contributed by atoms with E-state index >= 15 is 0 Å². The number of hydrogen-bond donors (Lipinski definition) is 6. The van der Waals surface area contributed by atoms with Crippen molar-refractivity contribution in [2.45, 2.75) is 109 Å². The monoisotopic (exact) mass is 778 g/mol. The molecule has 4 aromatic rings. The molecule has 1 atom stereocenters. The number of nitrogens with one attached hydrogen (secondary N) is 5. The number of rotatable bonds is 12. The van der Waals surface area contributed by atoms with Crippen LogP contribution in [0.1, 0.15) is 93.9 Å². The smallest absolute Gasteiger partial charge is 0.407 e. The van der Waals surface area contributed by atoms with Gasteiger partial charge < -0.3 is 31.7 Å². The fourth-order valence-electron chi connectivity index (χ4n) is 7.46. The minimum absolute atomic E-state index is 0.112. The second-order valence-corrected chi connectivity index (χ2v) is 16.3. The number of anilines is 1. The average molecular weight is 779 g/mol. The lowest BCUT2D eigenvalue weighted by molar-refractivity contribution is -0.130. The minimum Gasteiger partial charge on any atom is -0.444 e. The van der Waals surface area contributed by atoms with Crippen molar-refractivity contribution in [3.05, 3.63) is 77.6 Å². The second kappa shape index (κ2) is 18.5. The summed E-state index contributed by atoms with van der Waals surface area (Å²) in [6.07, 6.45) is 6.21. The molecule has 302 valence electrons. The molecule has 2 aromatic carbocycles. The highest BCUT2D eigenvalue weighted by Gasteiger charge is 2.30. The molecule has 2 heterocycles. The van der Waals surface area contributed by atoms with E-state index in [0.29, 0.717) is 36.6 Å². The molecule has 15 nitrogen and oxygen atoms in total. The number of hydrogen-bond acceptors (Lipinski definition) is 10. The molecule has 0 aliphatic heterocycles. The first-order chi connectivity index (χ1) is 27.3. The summed E-state index contributed by atoms with van der Waals surface area (Å²) in [6.45, 7) is 7.84. The van der Waals surface area contributed by atoms with Crippen molar-refractivity contribution in [3.8, 4) is 22.5 Å². The number of nitrogens with two attached hydrogens (primary N) is 1. The molecule has 0 spiro atoms. The molecule has 2 aliphatic rings. The molecule has 0 saturated heterocycles. The highest BCUT2D eigenvalue weighted by molar-refractivity contribution is 5.98. The number of aromatic nitrogens is 5. The quantitative estimate of drug-likeness (QED) is 0.110. The number of alkyl carbamates (subject to hydrolysis) is 1. The summed E-state index contributed by atoms with van der Waals surface area (Å²) in [5, 5.41) is 26.0. The Morgan fingerprint density at radius 1 is 0.877 bits per heavy atom. The van der Waals surface area contributed by atoms with E-state index in [4.69, 9.17) is 10.5 Å². The summed E-state index contributed by atoms with van der Waals surface area (Å²) in [7, 11) is 0. The van der Waals surface area contributed by atoms with Gasteiger partial charge in [0.25, 0.3) is 5.91 Å². The van der Waals surface area contributed by atoms with Gasteiger partial charge in [0.2, 0.25) is 17.6 Å². The van der Waals surface area contributed by atoms with Crippen molar-refractivity contribution >= 4 is 29.5 Å². The highest BCUT2D eigenvalue weighted by Crippen LogP contribution is 2.29. The van der Waals surface area contributed by atoms with Gasteiger partial charge in [-0.2, -0.15) is 5.21 Å². The molecule has 2 aliphatic carbocycles. The first kappa shape index (κ1) is 40.9. The van der Waals surface area contributed by atoms with E-state index in [9.17, 15) is 19.2 Å². The first-order valence-corrected chi connectivity index (χ1v) is 19.8. The molecule has 2 saturated carbocycles.